The lowest BCUT2D eigenvalue weighted by molar-refractivity contribution is -0.135. The van der Waals surface area contributed by atoms with Crippen molar-refractivity contribution in [3.8, 4) is 0 Å². The van der Waals surface area contributed by atoms with Crippen LogP contribution in [0.15, 0.2) is 48.5 Å². The van der Waals surface area contributed by atoms with E-state index < -0.39 is 0 Å². The van der Waals surface area contributed by atoms with E-state index in [2.05, 4.69) is 24.1 Å². The summed E-state index contributed by atoms with van der Waals surface area (Å²) >= 11 is 0. The molecule has 0 saturated carbocycles. The molecule has 0 spiro atoms. The number of carbonyl (C=O) groups is 3. The van der Waals surface area contributed by atoms with Gasteiger partial charge in [0.25, 0.3) is 0 Å². The first kappa shape index (κ1) is 26.2. The van der Waals surface area contributed by atoms with Gasteiger partial charge in [0.2, 0.25) is 17.7 Å². The monoisotopic (exact) mass is 482 g/mol. The number of hydrogen-bond acceptors (Lipinski definition) is 4. The number of hydrogen-bond donors (Lipinski definition) is 1. The van der Waals surface area contributed by atoms with Crippen molar-refractivity contribution < 1.29 is 18.8 Å². The van der Waals surface area contributed by atoms with Crippen LogP contribution < -0.4 is 10.2 Å². The first-order valence-electron chi connectivity index (χ1n) is 12.2. The van der Waals surface area contributed by atoms with Crippen LogP contribution in [0.4, 0.5) is 15.8 Å². The van der Waals surface area contributed by atoms with Crippen molar-refractivity contribution in [2.45, 2.75) is 40.2 Å². The zero-order valence-corrected chi connectivity index (χ0v) is 20.8. The van der Waals surface area contributed by atoms with Gasteiger partial charge in [-0.05, 0) is 47.9 Å². The molecule has 0 unspecified atom stereocenters. The van der Waals surface area contributed by atoms with Gasteiger partial charge in [-0.15, -0.1) is 0 Å². The highest BCUT2D eigenvalue weighted by Crippen LogP contribution is 2.20. The molecule has 1 heterocycles. The van der Waals surface area contributed by atoms with Crippen LogP contribution in [0.2, 0.25) is 0 Å². The van der Waals surface area contributed by atoms with Crippen molar-refractivity contribution in [2.24, 2.45) is 5.92 Å². The van der Waals surface area contributed by atoms with Gasteiger partial charge in [0.15, 0.2) is 0 Å². The SMILES string of the molecule is CCC(=O)N(CC(=O)Nc1ccc(N2CCN(C(=O)CC(C)C)CC2)cc1)Cc1ccc(F)cc1. The fraction of sp³-hybridized carbons (Fsp3) is 0.444. The van der Waals surface area contributed by atoms with E-state index in [-0.39, 0.29) is 43.0 Å². The second kappa shape index (κ2) is 12.3. The molecule has 35 heavy (non-hydrogen) atoms. The summed E-state index contributed by atoms with van der Waals surface area (Å²) in [5.74, 6) is -0.208. The summed E-state index contributed by atoms with van der Waals surface area (Å²) in [6.45, 7) is 8.97. The maximum absolute atomic E-state index is 13.2. The zero-order valence-electron chi connectivity index (χ0n) is 20.8. The fourth-order valence-electron chi connectivity index (χ4n) is 4.09. The number of piperazine rings is 1. The van der Waals surface area contributed by atoms with E-state index in [1.807, 2.05) is 29.2 Å². The lowest BCUT2D eigenvalue weighted by Gasteiger charge is -2.36. The quantitative estimate of drug-likeness (QED) is 0.589. The van der Waals surface area contributed by atoms with E-state index in [4.69, 9.17) is 0 Å². The molecule has 188 valence electrons. The lowest BCUT2D eigenvalue weighted by Crippen LogP contribution is -2.49. The van der Waals surface area contributed by atoms with Gasteiger partial charge in [-0.2, -0.15) is 0 Å². The van der Waals surface area contributed by atoms with Crippen LogP contribution in [-0.4, -0.2) is 60.2 Å². The second-order valence-corrected chi connectivity index (χ2v) is 9.29. The van der Waals surface area contributed by atoms with E-state index in [0.29, 0.717) is 31.1 Å². The van der Waals surface area contributed by atoms with Gasteiger partial charge in [-0.25, -0.2) is 4.39 Å². The van der Waals surface area contributed by atoms with Gasteiger partial charge >= 0.3 is 0 Å². The van der Waals surface area contributed by atoms with Crippen LogP contribution in [0.25, 0.3) is 0 Å². The third-order valence-electron chi connectivity index (χ3n) is 6.01. The number of amides is 3. The van der Waals surface area contributed by atoms with Gasteiger partial charge in [0.05, 0.1) is 0 Å². The highest BCUT2D eigenvalue weighted by Gasteiger charge is 2.22. The Morgan fingerprint density at radius 2 is 1.60 bits per heavy atom. The smallest absolute Gasteiger partial charge is 0.244 e. The Morgan fingerprint density at radius 1 is 0.971 bits per heavy atom. The van der Waals surface area contributed by atoms with Crippen molar-refractivity contribution in [1.29, 1.82) is 0 Å². The number of anilines is 2. The molecule has 1 N–H and O–H groups in total. The summed E-state index contributed by atoms with van der Waals surface area (Å²) in [5, 5.41) is 2.85. The number of nitrogens with zero attached hydrogens (tertiary/aromatic N) is 3. The van der Waals surface area contributed by atoms with Crippen LogP contribution in [0.5, 0.6) is 0 Å². The fourth-order valence-corrected chi connectivity index (χ4v) is 4.09. The number of rotatable bonds is 9. The summed E-state index contributed by atoms with van der Waals surface area (Å²) in [5.41, 5.74) is 2.45. The number of halogens is 1. The van der Waals surface area contributed by atoms with Crippen LogP contribution in [0.3, 0.4) is 0 Å². The minimum atomic E-state index is -0.343. The molecule has 0 aliphatic carbocycles. The normalized spacial score (nSPS) is 13.6. The van der Waals surface area contributed by atoms with Crippen molar-refractivity contribution in [3.05, 3.63) is 59.9 Å². The predicted molar refractivity (Wildman–Crippen MR) is 135 cm³/mol. The average molecular weight is 483 g/mol. The minimum absolute atomic E-state index is 0.0852. The van der Waals surface area contributed by atoms with E-state index in [1.54, 1.807) is 19.1 Å². The number of carbonyl (C=O) groups excluding carboxylic acids is 3. The van der Waals surface area contributed by atoms with Gasteiger partial charge in [-0.3, -0.25) is 14.4 Å². The Morgan fingerprint density at radius 3 is 2.17 bits per heavy atom. The molecular formula is C27H35FN4O3. The molecule has 0 atom stereocenters. The summed E-state index contributed by atoms with van der Waals surface area (Å²) in [6, 6.07) is 13.5. The Hall–Kier alpha value is -3.42. The minimum Gasteiger partial charge on any atom is -0.368 e. The van der Waals surface area contributed by atoms with Gasteiger partial charge < -0.3 is 20.0 Å². The first-order valence-corrected chi connectivity index (χ1v) is 12.2. The molecule has 3 rings (SSSR count). The number of nitrogens with one attached hydrogen (secondary N) is 1. The highest BCUT2D eigenvalue weighted by molar-refractivity contribution is 5.94. The lowest BCUT2D eigenvalue weighted by atomic mass is 10.1. The first-order chi connectivity index (χ1) is 16.7. The predicted octanol–water partition coefficient (Wildman–Crippen LogP) is 3.90. The van der Waals surface area contributed by atoms with Crippen molar-refractivity contribution >= 4 is 29.1 Å². The maximum atomic E-state index is 13.2. The second-order valence-electron chi connectivity index (χ2n) is 9.29. The highest BCUT2D eigenvalue weighted by atomic mass is 19.1. The van der Waals surface area contributed by atoms with Crippen LogP contribution in [0.1, 0.15) is 39.2 Å². The van der Waals surface area contributed by atoms with Crippen LogP contribution >= 0.6 is 0 Å². The summed E-state index contributed by atoms with van der Waals surface area (Å²) in [7, 11) is 0. The van der Waals surface area contributed by atoms with Crippen LogP contribution in [0, 0.1) is 11.7 Å². The van der Waals surface area contributed by atoms with Gasteiger partial charge in [-0.1, -0.05) is 32.9 Å². The van der Waals surface area contributed by atoms with Crippen molar-refractivity contribution in [2.75, 3.05) is 42.9 Å². The van der Waals surface area contributed by atoms with E-state index in [1.165, 1.54) is 17.0 Å². The number of benzene rings is 2. The summed E-state index contributed by atoms with van der Waals surface area (Å²) < 4.78 is 13.2. The van der Waals surface area contributed by atoms with Crippen molar-refractivity contribution in [3.63, 3.8) is 0 Å². The van der Waals surface area contributed by atoms with E-state index >= 15 is 0 Å². The molecule has 2 aromatic carbocycles. The van der Waals surface area contributed by atoms with Crippen molar-refractivity contribution in [1.82, 2.24) is 9.80 Å². The van der Waals surface area contributed by atoms with E-state index in [0.717, 1.165) is 24.3 Å². The largest absolute Gasteiger partial charge is 0.368 e. The zero-order chi connectivity index (χ0) is 25.4. The average Bonchev–Trinajstić information content (AvgIpc) is 2.84. The van der Waals surface area contributed by atoms with Gasteiger partial charge in [0, 0.05) is 56.9 Å². The molecule has 0 radical (unpaired) electrons. The van der Waals surface area contributed by atoms with Gasteiger partial charge in [0.1, 0.15) is 12.4 Å². The Balaban J connectivity index is 1.52. The molecule has 1 aliphatic heterocycles. The molecule has 1 saturated heterocycles. The summed E-state index contributed by atoms with van der Waals surface area (Å²) in [6.07, 6.45) is 0.860. The molecule has 1 fully saturated rings. The molecule has 2 aromatic rings. The Bertz CT molecular complexity index is 1000. The standard InChI is InChI=1S/C27H35FN4O3/c1-4-26(34)32(18-21-5-7-22(28)8-6-21)19-25(33)29-23-9-11-24(12-10-23)30-13-15-31(16-14-30)27(35)17-20(2)3/h5-12,20H,4,13-19H2,1-3H3,(H,29,33). The summed E-state index contributed by atoms with van der Waals surface area (Å²) in [4.78, 5) is 42.9. The Labute approximate surface area is 206 Å². The van der Waals surface area contributed by atoms with Crippen LogP contribution in [-0.2, 0) is 20.9 Å². The molecule has 0 bridgehead atoms. The molecule has 1 aliphatic rings. The topological polar surface area (TPSA) is 73.0 Å². The molecule has 3 amide bonds. The maximum Gasteiger partial charge on any atom is 0.244 e. The Kier molecular flexibility index (Phi) is 9.23. The third kappa shape index (κ3) is 7.80. The molecule has 8 heteroatoms. The molecule has 7 nitrogen and oxygen atoms in total. The third-order valence-corrected chi connectivity index (χ3v) is 6.01. The molecule has 0 aromatic heterocycles. The van der Waals surface area contributed by atoms with E-state index in [9.17, 15) is 18.8 Å². The molecular weight excluding hydrogens is 447 g/mol.